The van der Waals surface area contributed by atoms with Gasteiger partial charge in [-0.1, -0.05) is 0 Å². The van der Waals surface area contributed by atoms with Gasteiger partial charge in [-0.25, -0.2) is 0 Å². The van der Waals surface area contributed by atoms with Crippen LogP contribution in [0.5, 0.6) is 0 Å². The van der Waals surface area contributed by atoms with Crippen LogP contribution >= 0.6 is 0 Å². The second-order valence-corrected chi connectivity index (χ2v) is 1.66. The van der Waals surface area contributed by atoms with E-state index >= 15 is 0 Å². The van der Waals surface area contributed by atoms with Gasteiger partial charge in [0.15, 0.2) is 0 Å². The molecule has 2 nitrogen and oxygen atoms in total. The third-order valence-corrected chi connectivity index (χ3v) is 1.01. The molecule has 0 spiro atoms. The molecule has 0 aliphatic heterocycles. The first-order chi connectivity index (χ1) is 4.43. The molecule has 0 aromatic carbocycles. The molecule has 1 heterocycles. The Morgan fingerprint density at radius 3 is 2.67 bits per heavy atom. The van der Waals surface area contributed by atoms with E-state index < -0.39 is 0 Å². The predicted octanol–water partition coefficient (Wildman–Crippen LogP) is 1.33. The van der Waals surface area contributed by atoms with Crippen molar-refractivity contribution in [3.8, 4) is 0 Å². The zero-order chi connectivity index (χ0) is 6.53. The van der Waals surface area contributed by atoms with Crippen LogP contribution < -0.4 is 5.32 Å². The Balaban J connectivity index is 2.61. The lowest BCUT2D eigenvalue weighted by atomic mass is 10.4. The molecule has 0 saturated heterocycles. The van der Waals surface area contributed by atoms with Crippen LogP contribution in [0.25, 0.3) is 0 Å². The van der Waals surface area contributed by atoms with Gasteiger partial charge in [0.05, 0.1) is 0 Å². The van der Waals surface area contributed by atoms with E-state index in [2.05, 4.69) is 17.2 Å². The van der Waals surface area contributed by atoms with Crippen LogP contribution in [0.1, 0.15) is 0 Å². The Morgan fingerprint density at radius 2 is 2.11 bits per heavy atom. The molecule has 1 aromatic heterocycles. The summed E-state index contributed by atoms with van der Waals surface area (Å²) < 4.78 is 0. The first-order valence-electron chi connectivity index (χ1n) is 2.86. The lowest BCUT2D eigenvalue weighted by Gasteiger charge is -1.98. The first-order valence-corrected chi connectivity index (χ1v) is 2.86. The van der Waals surface area contributed by atoms with Gasteiger partial charge >= 0.3 is 0 Å². The highest BCUT2D eigenvalue weighted by Gasteiger charge is 1.82. The monoisotopic (exact) mass is 121 g/mol. The quantitative estimate of drug-likeness (QED) is 0.638. The van der Waals surface area contributed by atoms with Crippen molar-refractivity contribution >= 4 is 5.69 Å². The average molecular weight is 121 g/mol. The summed E-state index contributed by atoms with van der Waals surface area (Å²) in [7, 11) is 0. The first kappa shape index (κ1) is 6.08. The van der Waals surface area contributed by atoms with E-state index in [1.807, 2.05) is 12.1 Å². The number of pyridine rings is 1. The number of aromatic nitrogens is 1. The van der Waals surface area contributed by atoms with Crippen LogP contribution in [-0.4, -0.2) is 11.5 Å². The summed E-state index contributed by atoms with van der Waals surface area (Å²) in [5, 5.41) is 3.06. The van der Waals surface area contributed by atoms with E-state index in [1.165, 1.54) is 0 Å². The van der Waals surface area contributed by atoms with E-state index in [-0.39, 0.29) is 0 Å². The molecule has 0 atom stereocenters. The standard InChI is InChI=1S/C7H9N2/c1-2-9-7-3-5-8-6-4-7/h3-6H,1-2H2,(H,8,9). The van der Waals surface area contributed by atoms with Gasteiger partial charge in [0.25, 0.3) is 0 Å². The maximum atomic E-state index is 3.87. The van der Waals surface area contributed by atoms with Crippen molar-refractivity contribution in [3.63, 3.8) is 0 Å². The molecule has 2 heteroatoms. The Kier molecular flexibility index (Phi) is 2.07. The molecule has 0 aliphatic carbocycles. The van der Waals surface area contributed by atoms with Gasteiger partial charge in [-0.05, 0) is 19.1 Å². The van der Waals surface area contributed by atoms with Gasteiger partial charge < -0.3 is 5.32 Å². The molecule has 1 radical (unpaired) electrons. The molecule has 47 valence electrons. The second kappa shape index (κ2) is 3.07. The number of nitrogens with one attached hydrogen (secondary N) is 1. The Morgan fingerprint density at radius 1 is 1.44 bits per heavy atom. The van der Waals surface area contributed by atoms with Gasteiger partial charge in [-0.2, -0.15) is 0 Å². The van der Waals surface area contributed by atoms with E-state index in [0.717, 1.165) is 5.69 Å². The summed E-state index contributed by atoms with van der Waals surface area (Å²) in [6, 6.07) is 3.82. The smallest absolute Gasteiger partial charge is 0.0371 e. The number of nitrogens with zero attached hydrogens (tertiary/aromatic N) is 1. The highest BCUT2D eigenvalue weighted by molar-refractivity contribution is 5.40. The second-order valence-electron chi connectivity index (χ2n) is 1.66. The fraction of sp³-hybridized carbons (Fsp3) is 0.143. The Labute approximate surface area is 54.9 Å². The minimum absolute atomic E-state index is 0.712. The number of hydrogen-bond donors (Lipinski definition) is 1. The van der Waals surface area contributed by atoms with Crippen molar-refractivity contribution in [3.05, 3.63) is 31.5 Å². The Bertz CT molecular complexity index is 160. The summed E-state index contributed by atoms with van der Waals surface area (Å²) in [6.07, 6.45) is 3.50. The third kappa shape index (κ3) is 1.72. The maximum absolute atomic E-state index is 3.87. The fourth-order valence-corrected chi connectivity index (χ4v) is 0.614. The van der Waals surface area contributed by atoms with E-state index in [0.29, 0.717) is 6.54 Å². The summed E-state index contributed by atoms with van der Waals surface area (Å²) >= 11 is 0. The molecule has 9 heavy (non-hydrogen) atoms. The minimum Gasteiger partial charge on any atom is -0.385 e. The Hall–Kier alpha value is -1.05. The van der Waals surface area contributed by atoms with Gasteiger partial charge in [-0.15, -0.1) is 0 Å². The van der Waals surface area contributed by atoms with Gasteiger partial charge in [0, 0.05) is 24.6 Å². The van der Waals surface area contributed by atoms with Crippen LogP contribution in [0.3, 0.4) is 0 Å². The molecule has 0 amide bonds. The SMILES string of the molecule is [CH2]CNc1ccncc1. The molecule has 0 fully saturated rings. The summed E-state index contributed by atoms with van der Waals surface area (Å²) in [4.78, 5) is 3.87. The molecule has 0 bridgehead atoms. The summed E-state index contributed by atoms with van der Waals surface area (Å²) in [5.41, 5.74) is 1.07. The summed E-state index contributed by atoms with van der Waals surface area (Å²) in [5.74, 6) is 0. The van der Waals surface area contributed by atoms with Crippen LogP contribution in [0.15, 0.2) is 24.5 Å². The number of anilines is 1. The van der Waals surface area contributed by atoms with Crippen molar-refractivity contribution in [1.82, 2.24) is 4.98 Å². The lowest BCUT2D eigenvalue weighted by Crippen LogP contribution is -1.95. The molecule has 0 unspecified atom stereocenters. The van der Waals surface area contributed by atoms with Crippen molar-refractivity contribution in [2.24, 2.45) is 0 Å². The van der Waals surface area contributed by atoms with Crippen molar-refractivity contribution in [2.45, 2.75) is 0 Å². The van der Waals surface area contributed by atoms with Gasteiger partial charge in [0.1, 0.15) is 0 Å². The molecule has 1 aromatic rings. The van der Waals surface area contributed by atoms with Gasteiger partial charge in [-0.3, -0.25) is 4.98 Å². The van der Waals surface area contributed by atoms with E-state index in [1.54, 1.807) is 12.4 Å². The van der Waals surface area contributed by atoms with Crippen LogP contribution in [0, 0.1) is 6.92 Å². The van der Waals surface area contributed by atoms with Crippen LogP contribution in [0.2, 0.25) is 0 Å². The lowest BCUT2D eigenvalue weighted by molar-refractivity contribution is 1.28. The molecule has 0 aliphatic rings. The molecular formula is C7H9N2. The predicted molar refractivity (Wildman–Crippen MR) is 38.1 cm³/mol. The normalized spacial score (nSPS) is 9.00. The van der Waals surface area contributed by atoms with Crippen LogP contribution in [0.4, 0.5) is 5.69 Å². The average Bonchev–Trinajstić information content (AvgIpc) is 1.91. The zero-order valence-corrected chi connectivity index (χ0v) is 5.17. The third-order valence-electron chi connectivity index (χ3n) is 1.01. The van der Waals surface area contributed by atoms with E-state index in [4.69, 9.17) is 0 Å². The number of rotatable bonds is 2. The molecular weight excluding hydrogens is 112 g/mol. The molecule has 0 saturated carbocycles. The number of hydrogen-bond acceptors (Lipinski definition) is 2. The highest BCUT2D eigenvalue weighted by Crippen LogP contribution is 2.00. The molecule has 1 rings (SSSR count). The summed E-state index contributed by atoms with van der Waals surface area (Å²) in [6.45, 7) is 4.36. The van der Waals surface area contributed by atoms with Crippen molar-refractivity contribution in [1.29, 1.82) is 0 Å². The largest absolute Gasteiger partial charge is 0.385 e. The van der Waals surface area contributed by atoms with Crippen molar-refractivity contribution in [2.75, 3.05) is 11.9 Å². The fourth-order valence-electron chi connectivity index (χ4n) is 0.614. The maximum Gasteiger partial charge on any atom is 0.0371 e. The van der Waals surface area contributed by atoms with Gasteiger partial charge in [0.2, 0.25) is 0 Å². The highest BCUT2D eigenvalue weighted by atomic mass is 14.9. The zero-order valence-electron chi connectivity index (χ0n) is 5.17. The van der Waals surface area contributed by atoms with E-state index in [9.17, 15) is 0 Å². The minimum atomic E-state index is 0.712. The topological polar surface area (TPSA) is 24.9 Å². The van der Waals surface area contributed by atoms with Crippen molar-refractivity contribution < 1.29 is 0 Å². The van der Waals surface area contributed by atoms with Crippen LogP contribution in [-0.2, 0) is 0 Å². The molecule has 1 N–H and O–H groups in total.